The van der Waals surface area contributed by atoms with E-state index < -0.39 is 12.0 Å². The minimum Gasteiger partial charge on any atom is -0.477 e. The summed E-state index contributed by atoms with van der Waals surface area (Å²) in [4.78, 5) is 20.5. The number of carbonyl (C=O) groups is 2. The lowest BCUT2D eigenvalue weighted by Crippen LogP contribution is -2.24. The molecule has 6 nitrogen and oxygen atoms in total. The monoisotopic (exact) mass is 313 g/mol. The summed E-state index contributed by atoms with van der Waals surface area (Å²) in [5.41, 5.74) is 6.59. The van der Waals surface area contributed by atoms with E-state index in [1.54, 1.807) is 0 Å². The molecule has 13 heavy (non-hydrogen) atoms. The van der Waals surface area contributed by atoms with Crippen molar-refractivity contribution in [1.82, 2.24) is 5.43 Å². The molecule has 0 bridgehead atoms. The molecule has 0 heterocycles. The summed E-state index contributed by atoms with van der Waals surface area (Å²) in [7, 11) is 0. The number of hydrazone groups is 1. The van der Waals surface area contributed by atoms with Gasteiger partial charge in [0.15, 0.2) is 0 Å². The number of nitrogens with two attached hydrogens (primary N) is 1. The van der Waals surface area contributed by atoms with Crippen LogP contribution in [0.15, 0.2) is 14.1 Å². The van der Waals surface area contributed by atoms with Crippen molar-refractivity contribution in [3.63, 3.8) is 0 Å². The molecule has 0 fully saturated rings. The van der Waals surface area contributed by atoms with Gasteiger partial charge in [-0.2, -0.15) is 5.10 Å². The molecule has 0 saturated carbocycles. The zero-order valence-corrected chi connectivity index (χ0v) is 9.29. The summed E-state index contributed by atoms with van der Waals surface area (Å²) >= 11 is 5.68. The van der Waals surface area contributed by atoms with Crippen LogP contribution >= 0.6 is 31.9 Å². The Morgan fingerprint density at radius 3 is 2.38 bits per heavy atom. The predicted octanol–water partition coefficient (Wildman–Crippen LogP) is 0.727. The van der Waals surface area contributed by atoms with Crippen LogP contribution in [-0.4, -0.2) is 23.3 Å². The van der Waals surface area contributed by atoms with Crippen molar-refractivity contribution in [3.8, 4) is 0 Å². The fourth-order valence-electron chi connectivity index (χ4n) is 0.311. The van der Waals surface area contributed by atoms with Crippen LogP contribution in [0.25, 0.3) is 0 Å². The predicted molar refractivity (Wildman–Crippen MR) is 53.7 cm³/mol. The molecule has 0 atom stereocenters. The summed E-state index contributed by atoms with van der Waals surface area (Å²) in [6, 6.07) is -0.831. The van der Waals surface area contributed by atoms with Crippen LogP contribution in [0.1, 0.15) is 0 Å². The molecule has 0 unspecified atom stereocenters. The fraction of sp³-hybridized carbons (Fsp3) is 0. The molecule has 0 spiro atoms. The number of carboxylic acids is 1. The smallest absolute Gasteiger partial charge is 0.344 e. The molecule has 8 heteroatoms. The normalized spacial score (nSPS) is 12.5. The maximum Gasteiger partial charge on any atom is 0.344 e. The Balaban J connectivity index is 4.36. The van der Waals surface area contributed by atoms with Crippen molar-refractivity contribution in [1.29, 1.82) is 0 Å². The highest BCUT2D eigenvalue weighted by molar-refractivity contribution is 9.14. The number of allylic oxidation sites excluding steroid dienone is 1. The molecule has 72 valence electrons. The standard InChI is InChI=1S/C5H5Br2N3O3/c6-2(3(7)4(11)12)1-9-10-5(8)13/h1H,(H,11,12)(H3,8,10,13)/b3-2-,9-1+. The van der Waals surface area contributed by atoms with Gasteiger partial charge in [0, 0.05) is 0 Å². The molecule has 0 aliphatic carbocycles. The molecule has 0 aliphatic rings. The third-order valence-electron chi connectivity index (χ3n) is 0.750. The third-order valence-corrected chi connectivity index (χ3v) is 2.65. The Morgan fingerprint density at radius 2 is 2.00 bits per heavy atom. The Morgan fingerprint density at radius 1 is 1.46 bits per heavy atom. The van der Waals surface area contributed by atoms with Gasteiger partial charge in [-0.1, -0.05) is 0 Å². The van der Waals surface area contributed by atoms with Crippen LogP contribution in [0.4, 0.5) is 4.79 Å². The quantitative estimate of drug-likeness (QED) is 0.406. The highest BCUT2D eigenvalue weighted by Gasteiger charge is 2.06. The fourth-order valence-corrected chi connectivity index (χ4v) is 0.686. The topological polar surface area (TPSA) is 105 Å². The molecular formula is C5H5Br2N3O3. The molecular weight excluding hydrogens is 310 g/mol. The van der Waals surface area contributed by atoms with E-state index >= 15 is 0 Å². The molecule has 4 N–H and O–H groups in total. The molecule has 0 rings (SSSR count). The summed E-state index contributed by atoms with van der Waals surface area (Å²) in [5, 5.41) is 11.8. The first kappa shape index (κ1) is 12.1. The molecule has 0 radical (unpaired) electrons. The number of halogens is 2. The maximum absolute atomic E-state index is 10.3. The van der Waals surface area contributed by atoms with Crippen LogP contribution in [0, 0.1) is 0 Å². The molecule has 0 aromatic heterocycles. The van der Waals surface area contributed by atoms with Gasteiger partial charge in [-0.3, -0.25) is 0 Å². The number of carbonyl (C=O) groups excluding carboxylic acids is 1. The van der Waals surface area contributed by atoms with E-state index in [9.17, 15) is 9.59 Å². The van der Waals surface area contributed by atoms with Crippen molar-refractivity contribution in [2.75, 3.05) is 0 Å². The number of hydrogen-bond acceptors (Lipinski definition) is 3. The molecule has 2 amide bonds. The number of nitrogens with zero attached hydrogens (tertiary/aromatic N) is 1. The Hall–Kier alpha value is -0.890. The van der Waals surface area contributed by atoms with Crippen molar-refractivity contribution >= 4 is 50.1 Å². The third kappa shape index (κ3) is 5.36. The SMILES string of the molecule is NC(=O)N/N=C/C(Br)=C(/Br)C(=O)O. The van der Waals surface area contributed by atoms with E-state index in [1.165, 1.54) is 0 Å². The van der Waals surface area contributed by atoms with Gasteiger partial charge in [-0.05, 0) is 31.9 Å². The minimum atomic E-state index is -1.16. The average Bonchev–Trinajstić information content (AvgIpc) is 2.02. The van der Waals surface area contributed by atoms with Gasteiger partial charge in [0.05, 0.1) is 10.7 Å². The van der Waals surface area contributed by atoms with E-state index in [2.05, 4.69) is 37.0 Å². The lowest BCUT2D eigenvalue weighted by atomic mass is 10.5. The van der Waals surface area contributed by atoms with E-state index in [4.69, 9.17) is 10.8 Å². The van der Waals surface area contributed by atoms with Crippen molar-refractivity contribution in [2.24, 2.45) is 10.8 Å². The van der Waals surface area contributed by atoms with Gasteiger partial charge in [-0.25, -0.2) is 15.0 Å². The lowest BCUT2D eigenvalue weighted by molar-refractivity contribution is -0.131. The zero-order valence-electron chi connectivity index (χ0n) is 6.12. The second kappa shape index (κ2) is 5.70. The highest BCUT2D eigenvalue weighted by Crippen LogP contribution is 2.15. The van der Waals surface area contributed by atoms with E-state index in [0.29, 0.717) is 0 Å². The summed E-state index contributed by atoms with van der Waals surface area (Å²) in [5.74, 6) is -1.16. The molecule has 0 aromatic rings. The van der Waals surface area contributed by atoms with E-state index in [-0.39, 0.29) is 8.96 Å². The van der Waals surface area contributed by atoms with Crippen LogP contribution in [-0.2, 0) is 4.79 Å². The van der Waals surface area contributed by atoms with Gasteiger partial charge in [0.2, 0.25) is 0 Å². The number of aliphatic carboxylic acids is 1. The van der Waals surface area contributed by atoms with Gasteiger partial charge >= 0.3 is 12.0 Å². The Kier molecular flexibility index (Phi) is 5.31. The number of amides is 2. The van der Waals surface area contributed by atoms with E-state index in [0.717, 1.165) is 6.21 Å². The van der Waals surface area contributed by atoms with Crippen molar-refractivity contribution < 1.29 is 14.7 Å². The summed E-state index contributed by atoms with van der Waals surface area (Å²) in [6.07, 6.45) is 1.09. The number of primary amides is 1. The first-order valence-electron chi connectivity index (χ1n) is 2.82. The second-order valence-corrected chi connectivity index (χ2v) is 3.35. The van der Waals surface area contributed by atoms with Gasteiger partial charge < -0.3 is 10.8 Å². The van der Waals surface area contributed by atoms with Gasteiger partial charge in [-0.15, -0.1) is 0 Å². The zero-order chi connectivity index (χ0) is 10.4. The van der Waals surface area contributed by atoms with Gasteiger partial charge in [0.25, 0.3) is 0 Å². The molecule has 0 saturated heterocycles. The Bertz CT molecular complexity index is 287. The lowest BCUT2D eigenvalue weighted by Gasteiger charge is -1.93. The summed E-state index contributed by atoms with van der Waals surface area (Å²) in [6.45, 7) is 0. The summed E-state index contributed by atoms with van der Waals surface area (Å²) < 4.78 is 0.0660. The van der Waals surface area contributed by atoms with Crippen LogP contribution in [0.2, 0.25) is 0 Å². The number of hydrogen-bond donors (Lipinski definition) is 3. The van der Waals surface area contributed by atoms with Crippen LogP contribution < -0.4 is 11.2 Å². The van der Waals surface area contributed by atoms with Gasteiger partial charge in [0.1, 0.15) is 4.48 Å². The highest BCUT2D eigenvalue weighted by atomic mass is 79.9. The first-order chi connectivity index (χ1) is 5.95. The van der Waals surface area contributed by atoms with E-state index in [1.807, 2.05) is 5.43 Å². The average molecular weight is 315 g/mol. The van der Waals surface area contributed by atoms with Crippen molar-refractivity contribution in [2.45, 2.75) is 0 Å². The second-order valence-electron chi connectivity index (χ2n) is 1.70. The number of carboxylic acid groups (broad SMARTS) is 1. The maximum atomic E-state index is 10.3. The number of nitrogens with one attached hydrogen (secondary N) is 1. The number of urea groups is 1. The van der Waals surface area contributed by atoms with Crippen LogP contribution in [0.5, 0.6) is 0 Å². The largest absolute Gasteiger partial charge is 0.477 e. The van der Waals surface area contributed by atoms with Crippen LogP contribution in [0.3, 0.4) is 0 Å². The van der Waals surface area contributed by atoms with Crippen molar-refractivity contribution in [3.05, 3.63) is 8.96 Å². The minimum absolute atomic E-state index is 0.109. The molecule has 0 aliphatic heterocycles. The molecule has 0 aromatic carbocycles. The number of rotatable bonds is 3. The first-order valence-corrected chi connectivity index (χ1v) is 4.40. The Labute approximate surface area is 90.1 Å².